The molecule has 0 saturated heterocycles. The lowest BCUT2D eigenvalue weighted by molar-refractivity contribution is -0.134. The molecule has 13 heavy (non-hydrogen) atoms. The number of esters is 1. The average Bonchev–Trinajstić information content (AvgIpc) is 2.12. The second-order valence-corrected chi connectivity index (χ2v) is 2.86. The van der Waals surface area contributed by atoms with Crippen LogP contribution in [0.4, 0.5) is 0 Å². The predicted octanol–water partition coefficient (Wildman–Crippen LogP) is 0.230. The number of hydrogen-bond acceptors (Lipinski definition) is 5. The molecule has 0 unspecified atom stereocenters. The number of nitrogens with zero attached hydrogens (tertiary/aromatic N) is 1. The fourth-order valence-electron chi connectivity index (χ4n) is 0.520. The first-order valence-corrected chi connectivity index (χ1v) is 4.75. The number of halogens is 1. The van der Waals surface area contributed by atoms with Gasteiger partial charge in [0.15, 0.2) is 0 Å². The largest absolute Gasteiger partial charge is 0.461 e. The maximum Gasteiger partial charge on any atom is 0.366 e. The van der Waals surface area contributed by atoms with E-state index in [-0.39, 0.29) is 11.2 Å². The highest BCUT2D eigenvalue weighted by Crippen LogP contribution is 1.92. The Morgan fingerprint density at radius 2 is 2.38 bits per heavy atom. The predicted molar refractivity (Wildman–Crippen MR) is 52.7 cm³/mol. The van der Waals surface area contributed by atoms with Crippen molar-refractivity contribution in [1.82, 2.24) is 5.43 Å². The van der Waals surface area contributed by atoms with Crippen molar-refractivity contribution in [2.45, 2.75) is 13.3 Å². The summed E-state index contributed by atoms with van der Waals surface area (Å²) < 4.78 is 4.76. The molecule has 0 aromatic rings. The van der Waals surface area contributed by atoms with Gasteiger partial charge in [-0.05, 0) is 29.3 Å². The molecule has 0 spiro atoms. The van der Waals surface area contributed by atoms with Crippen molar-refractivity contribution >= 4 is 26.5 Å². The summed E-state index contributed by atoms with van der Waals surface area (Å²) in [6.07, 6.45) is 0.590. The van der Waals surface area contributed by atoms with E-state index in [1.807, 2.05) is 0 Å². The molecule has 0 aliphatic heterocycles. The molecule has 0 radical (unpaired) electrons. The van der Waals surface area contributed by atoms with Crippen LogP contribution in [0.2, 0.25) is 0 Å². The van der Waals surface area contributed by atoms with E-state index in [4.69, 9.17) is 5.11 Å². The third-order valence-electron chi connectivity index (χ3n) is 1.07. The smallest absolute Gasteiger partial charge is 0.366 e. The van der Waals surface area contributed by atoms with Crippen molar-refractivity contribution in [3.63, 3.8) is 0 Å². The summed E-state index contributed by atoms with van der Waals surface area (Å²) in [5.41, 5.74) is 2.61. The fourth-order valence-corrected chi connectivity index (χ4v) is 0.760. The SMILES string of the molecule is CCOC(=O)/C(Br)=N/NCCCO. The van der Waals surface area contributed by atoms with E-state index >= 15 is 0 Å². The number of carbonyl (C=O) groups is 1. The number of aliphatic hydroxyl groups is 1. The lowest BCUT2D eigenvalue weighted by Crippen LogP contribution is -2.17. The van der Waals surface area contributed by atoms with E-state index in [1.165, 1.54) is 0 Å². The summed E-state index contributed by atoms with van der Waals surface area (Å²) in [5, 5.41) is 12.1. The summed E-state index contributed by atoms with van der Waals surface area (Å²) >= 11 is 2.95. The third kappa shape index (κ3) is 6.53. The van der Waals surface area contributed by atoms with Gasteiger partial charge in [-0.2, -0.15) is 5.10 Å². The second kappa shape index (κ2) is 8.00. The monoisotopic (exact) mass is 252 g/mol. The van der Waals surface area contributed by atoms with Crippen molar-refractivity contribution in [2.75, 3.05) is 19.8 Å². The Bertz CT molecular complexity index is 185. The number of carbonyl (C=O) groups excluding carboxylic acids is 1. The minimum atomic E-state index is -0.501. The van der Waals surface area contributed by atoms with Crippen LogP contribution in [-0.4, -0.2) is 35.5 Å². The van der Waals surface area contributed by atoms with Gasteiger partial charge in [-0.3, -0.25) is 0 Å². The zero-order valence-electron chi connectivity index (χ0n) is 7.42. The Morgan fingerprint density at radius 3 is 2.92 bits per heavy atom. The van der Waals surface area contributed by atoms with E-state index in [1.54, 1.807) is 6.92 Å². The number of hydrazone groups is 1. The molecule has 0 aliphatic carbocycles. The van der Waals surface area contributed by atoms with Crippen LogP contribution in [0.1, 0.15) is 13.3 Å². The van der Waals surface area contributed by atoms with Gasteiger partial charge in [0.25, 0.3) is 0 Å². The number of rotatable bonds is 6. The molecular weight excluding hydrogens is 240 g/mol. The minimum Gasteiger partial charge on any atom is -0.461 e. The average molecular weight is 253 g/mol. The van der Waals surface area contributed by atoms with Crippen LogP contribution in [0, 0.1) is 0 Å². The number of aliphatic hydroxyl groups excluding tert-OH is 1. The zero-order chi connectivity index (χ0) is 10.1. The van der Waals surface area contributed by atoms with Crippen molar-refractivity contribution in [2.24, 2.45) is 5.10 Å². The van der Waals surface area contributed by atoms with Gasteiger partial charge in [0.1, 0.15) is 0 Å². The first-order chi connectivity index (χ1) is 6.22. The Hall–Kier alpha value is -0.620. The van der Waals surface area contributed by atoms with Crippen LogP contribution in [0.3, 0.4) is 0 Å². The van der Waals surface area contributed by atoms with Gasteiger partial charge < -0.3 is 15.3 Å². The molecule has 76 valence electrons. The summed E-state index contributed by atoms with van der Waals surface area (Å²) in [6.45, 7) is 2.65. The van der Waals surface area contributed by atoms with Crippen LogP contribution < -0.4 is 5.43 Å². The van der Waals surface area contributed by atoms with Crippen molar-refractivity contribution in [3.05, 3.63) is 0 Å². The zero-order valence-corrected chi connectivity index (χ0v) is 9.00. The third-order valence-corrected chi connectivity index (χ3v) is 1.57. The van der Waals surface area contributed by atoms with Crippen molar-refractivity contribution < 1.29 is 14.6 Å². The quantitative estimate of drug-likeness (QED) is 0.307. The summed E-state index contributed by atoms with van der Waals surface area (Å²) in [4.78, 5) is 10.9. The van der Waals surface area contributed by atoms with Crippen LogP contribution in [0.15, 0.2) is 5.10 Å². The summed E-state index contributed by atoms with van der Waals surface area (Å²) in [5.74, 6) is -0.501. The van der Waals surface area contributed by atoms with Crippen molar-refractivity contribution in [3.8, 4) is 0 Å². The first kappa shape index (κ1) is 12.4. The van der Waals surface area contributed by atoms with Crippen LogP contribution in [0.5, 0.6) is 0 Å². The molecule has 0 atom stereocenters. The fraction of sp³-hybridized carbons (Fsp3) is 0.714. The Balaban J connectivity index is 3.67. The highest BCUT2D eigenvalue weighted by atomic mass is 79.9. The number of ether oxygens (including phenoxy) is 1. The molecule has 0 aliphatic rings. The molecule has 0 aromatic carbocycles. The molecule has 2 N–H and O–H groups in total. The molecular formula is C7H13BrN2O3. The number of nitrogens with one attached hydrogen (secondary N) is 1. The Kier molecular flexibility index (Phi) is 7.62. The molecule has 0 amide bonds. The lowest BCUT2D eigenvalue weighted by Gasteiger charge is -2.00. The Labute approximate surface area is 85.3 Å². The highest BCUT2D eigenvalue weighted by Gasteiger charge is 2.07. The standard InChI is InChI=1S/C7H13BrN2O3/c1-2-13-7(12)6(8)10-9-4-3-5-11/h9,11H,2-5H2,1H3/b10-6-. The van der Waals surface area contributed by atoms with Gasteiger partial charge in [-0.1, -0.05) is 0 Å². The van der Waals surface area contributed by atoms with Gasteiger partial charge in [0.05, 0.1) is 6.61 Å². The van der Waals surface area contributed by atoms with Gasteiger partial charge in [0.2, 0.25) is 4.62 Å². The highest BCUT2D eigenvalue weighted by molar-refractivity contribution is 9.19. The normalized spacial score (nSPS) is 11.2. The summed E-state index contributed by atoms with van der Waals surface area (Å²) in [6, 6.07) is 0. The molecule has 0 heterocycles. The van der Waals surface area contributed by atoms with Gasteiger partial charge in [-0.15, -0.1) is 0 Å². The van der Waals surface area contributed by atoms with Crippen LogP contribution in [0.25, 0.3) is 0 Å². The van der Waals surface area contributed by atoms with Crippen molar-refractivity contribution in [1.29, 1.82) is 0 Å². The lowest BCUT2D eigenvalue weighted by atomic mass is 10.5. The van der Waals surface area contributed by atoms with E-state index < -0.39 is 5.97 Å². The second-order valence-electron chi connectivity index (χ2n) is 2.11. The minimum absolute atomic E-state index is 0.0968. The topological polar surface area (TPSA) is 70.9 Å². The summed E-state index contributed by atoms with van der Waals surface area (Å²) in [7, 11) is 0. The molecule has 0 bridgehead atoms. The van der Waals surface area contributed by atoms with Crippen LogP contribution in [-0.2, 0) is 9.53 Å². The van der Waals surface area contributed by atoms with Gasteiger partial charge in [0, 0.05) is 13.2 Å². The molecule has 6 heteroatoms. The molecule has 0 rings (SSSR count). The van der Waals surface area contributed by atoms with Gasteiger partial charge >= 0.3 is 5.97 Å². The van der Waals surface area contributed by atoms with E-state index in [2.05, 4.69) is 31.2 Å². The van der Waals surface area contributed by atoms with E-state index in [0.29, 0.717) is 19.6 Å². The molecule has 5 nitrogen and oxygen atoms in total. The molecule has 0 aromatic heterocycles. The molecule has 0 saturated carbocycles. The van der Waals surface area contributed by atoms with E-state index in [9.17, 15) is 4.79 Å². The maximum absolute atomic E-state index is 10.9. The first-order valence-electron chi connectivity index (χ1n) is 3.96. The van der Waals surface area contributed by atoms with E-state index in [0.717, 1.165) is 0 Å². The number of hydrogen-bond donors (Lipinski definition) is 2. The Morgan fingerprint density at radius 1 is 1.69 bits per heavy atom. The van der Waals surface area contributed by atoms with Gasteiger partial charge in [-0.25, -0.2) is 4.79 Å². The molecule has 0 fully saturated rings. The van der Waals surface area contributed by atoms with Crippen LogP contribution >= 0.6 is 15.9 Å². The maximum atomic E-state index is 10.9.